The molecule has 0 spiro atoms. The maximum Gasteiger partial charge on any atom is 0.0499 e. The summed E-state index contributed by atoms with van der Waals surface area (Å²) in [6, 6.07) is 4.08. The average molecular weight is 234 g/mol. The summed E-state index contributed by atoms with van der Waals surface area (Å²) in [6.45, 7) is 2.24. The van der Waals surface area contributed by atoms with Gasteiger partial charge in [-0.2, -0.15) is 0 Å². The van der Waals surface area contributed by atoms with E-state index in [1.165, 1.54) is 31.2 Å². The second-order valence-electron chi connectivity index (χ2n) is 5.15. The molecule has 0 bridgehead atoms. The Morgan fingerprint density at radius 2 is 2.18 bits per heavy atom. The van der Waals surface area contributed by atoms with E-state index in [9.17, 15) is 5.11 Å². The minimum atomic E-state index is 0.162. The van der Waals surface area contributed by atoms with Gasteiger partial charge in [-0.1, -0.05) is 18.9 Å². The molecule has 1 aliphatic carbocycles. The molecule has 0 amide bonds. The summed E-state index contributed by atoms with van der Waals surface area (Å²) in [5.74, 6) is 0. The van der Waals surface area contributed by atoms with E-state index in [-0.39, 0.29) is 5.41 Å². The Morgan fingerprint density at radius 3 is 2.82 bits per heavy atom. The van der Waals surface area contributed by atoms with E-state index >= 15 is 0 Å². The zero-order valence-corrected chi connectivity index (χ0v) is 10.4. The zero-order chi connectivity index (χ0) is 12.0. The van der Waals surface area contributed by atoms with Gasteiger partial charge < -0.3 is 10.4 Å². The molecule has 1 saturated carbocycles. The monoisotopic (exact) mass is 234 g/mol. The van der Waals surface area contributed by atoms with E-state index in [2.05, 4.69) is 16.4 Å². The lowest BCUT2D eigenvalue weighted by atomic mass is 9.87. The Morgan fingerprint density at radius 1 is 1.35 bits per heavy atom. The molecule has 1 aromatic heterocycles. The molecule has 0 radical (unpaired) electrons. The van der Waals surface area contributed by atoms with Crippen LogP contribution in [0, 0.1) is 5.41 Å². The average Bonchev–Trinajstić information content (AvgIpc) is 2.85. The van der Waals surface area contributed by atoms with E-state index < -0.39 is 0 Å². The van der Waals surface area contributed by atoms with Crippen molar-refractivity contribution < 1.29 is 5.11 Å². The third-order valence-corrected chi connectivity index (χ3v) is 3.81. The van der Waals surface area contributed by atoms with Crippen LogP contribution >= 0.6 is 0 Å². The van der Waals surface area contributed by atoms with Crippen LogP contribution in [0.4, 0.5) is 0 Å². The molecule has 3 nitrogen and oxygen atoms in total. The Bertz CT molecular complexity index is 320. The van der Waals surface area contributed by atoms with Gasteiger partial charge >= 0.3 is 0 Å². The Kier molecular flexibility index (Phi) is 4.51. The van der Waals surface area contributed by atoms with E-state index in [0.717, 1.165) is 19.5 Å². The van der Waals surface area contributed by atoms with Crippen LogP contribution in [0.3, 0.4) is 0 Å². The van der Waals surface area contributed by atoms with Crippen LogP contribution in [0.15, 0.2) is 24.5 Å². The van der Waals surface area contributed by atoms with Gasteiger partial charge in [-0.3, -0.25) is 4.98 Å². The number of aromatic nitrogens is 1. The van der Waals surface area contributed by atoms with Crippen molar-refractivity contribution >= 4 is 0 Å². The fourth-order valence-corrected chi connectivity index (χ4v) is 2.65. The van der Waals surface area contributed by atoms with Gasteiger partial charge in [0, 0.05) is 31.0 Å². The van der Waals surface area contributed by atoms with Crippen molar-refractivity contribution in [3.05, 3.63) is 30.1 Å². The number of pyridine rings is 1. The smallest absolute Gasteiger partial charge is 0.0499 e. The largest absolute Gasteiger partial charge is 0.396 e. The summed E-state index contributed by atoms with van der Waals surface area (Å²) in [4.78, 5) is 4.10. The van der Waals surface area contributed by atoms with Crippen LogP contribution in [0.1, 0.15) is 31.2 Å². The highest BCUT2D eigenvalue weighted by Gasteiger charge is 2.32. The van der Waals surface area contributed by atoms with Crippen LogP contribution in [-0.2, 0) is 6.42 Å². The van der Waals surface area contributed by atoms with Crippen molar-refractivity contribution in [3.63, 3.8) is 0 Å². The van der Waals surface area contributed by atoms with Gasteiger partial charge in [0.05, 0.1) is 0 Å². The lowest BCUT2D eigenvalue weighted by Gasteiger charge is -2.26. The molecule has 1 fully saturated rings. The third kappa shape index (κ3) is 3.51. The van der Waals surface area contributed by atoms with Crippen LogP contribution in [0.5, 0.6) is 0 Å². The van der Waals surface area contributed by atoms with Crippen molar-refractivity contribution in [1.82, 2.24) is 10.3 Å². The maximum atomic E-state index is 9.48. The van der Waals surface area contributed by atoms with Gasteiger partial charge in [0.1, 0.15) is 0 Å². The van der Waals surface area contributed by atoms with Gasteiger partial charge in [0.15, 0.2) is 0 Å². The number of rotatable bonds is 6. The molecule has 0 atom stereocenters. The Hall–Kier alpha value is -0.930. The molecule has 94 valence electrons. The predicted octanol–water partition coefficient (Wildman–Crippen LogP) is 1.77. The van der Waals surface area contributed by atoms with Crippen LogP contribution in [0.2, 0.25) is 0 Å². The predicted molar refractivity (Wildman–Crippen MR) is 68.8 cm³/mol. The van der Waals surface area contributed by atoms with Gasteiger partial charge in [-0.05, 0) is 37.4 Å². The fourth-order valence-electron chi connectivity index (χ4n) is 2.65. The molecule has 0 saturated heterocycles. The Labute approximate surface area is 103 Å². The topological polar surface area (TPSA) is 45.1 Å². The molecule has 17 heavy (non-hydrogen) atoms. The van der Waals surface area contributed by atoms with Crippen LogP contribution in [0.25, 0.3) is 0 Å². The molecular formula is C14H22N2O. The first-order valence-electron chi connectivity index (χ1n) is 6.55. The molecule has 2 N–H and O–H groups in total. The molecule has 3 heteroatoms. The zero-order valence-electron chi connectivity index (χ0n) is 10.4. The number of nitrogens with zero attached hydrogens (tertiary/aromatic N) is 1. The number of aliphatic hydroxyl groups excluding tert-OH is 1. The first kappa shape index (κ1) is 12.5. The number of nitrogens with one attached hydrogen (secondary N) is 1. The molecule has 0 unspecified atom stereocenters. The Balaban J connectivity index is 1.69. The van der Waals surface area contributed by atoms with Gasteiger partial charge in [-0.15, -0.1) is 0 Å². The highest BCUT2D eigenvalue weighted by atomic mass is 16.3. The summed E-state index contributed by atoms with van der Waals surface area (Å²) >= 11 is 0. The van der Waals surface area contributed by atoms with Crippen LogP contribution in [-0.4, -0.2) is 29.8 Å². The molecule has 1 heterocycles. The van der Waals surface area contributed by atoms with Crippen molar-refractivity contribution in [2.75, 3.05) is 19.7 Å². The summed E-state index contributed by atoms with van der Waals surface area (Å²) in [7, 11) is 0. The van der Waals surface area contributed by atoms with Crippen molar-refractivity contribution in [2.24, 2.45) is 5.41 Å². The lowest BCUT2D eigenvalue weighted by Crippen LogP contribution is -2.36. The first-order chi connectivity index (χ1) is 8.35. The van der Waals surface area contributed by atoms with Crippen molar-refractivity contribution in [2.45, 2.75) is 32.1 Å². The lowest BCUT2D eigenvalue weighted by molar-refractivity contribution is 0.128. The van der Waals surface area contributed by atoms with Gasteiger partial charge in [-0.25, -0.2) is 0 Å². The summed E-state index contributed by atoms with van der Waals surface area (Å²) in [6.07, 6.45) is 9.60. The minimum absolute atomic E-state index is 0.162. The normalized spacial score (nSPS) is 18.4. The highest BCUT2D eigenvalue weighted by Crippen LogP contribution is 2.36. The summed E-state index contributed by atoms with van der Waals surface area (Å²) in [5.41, 5.74) is 1.43. The van der Waals surface area contributed by atoms with Crippen molar-refractivity contribution in [1.29, 1.82) is 0 Å². The van der Waals surface area contributed by atoms with Crippen LogP contribution < -0.4 is 5.32 Å². The summed E-state index contributed by atoms with van der Waals surface area (Å²) < 4.78 is 0. The second-order valence-corrected chi connectivity index (χ2v) is 5.15. The number of aliphatic hydroxyl groups is 1. The SMILES string of the molecule is OCC1(CNCCc2cccnc2)CCCC1. The van der Waals surface area contributed by atoms with E-state index in [1.54, 1.807) is 6.20 Å². The van der Waals surface area contributed by atoms with Gasteiger partial charge in [0.2, 0.25) is 0 Å². The highest BCUT2D eigenvalue weighted by molar-refractivity contribution is 5.08. The quantitative estimate of drug-likeness (QED) is 0.737. The number of hydrogen-bond acceptors (Lipinski definition) is 3. The van der Waals surface area contributed by atoms with Crippen molar-refractivity contribution in [3.8, 4) is 0 Å². The molecule has 0 aliphatic heterocycles. The first-order valence-corrected chi connectivity index (χ1v) is 6.55. The maximum absolute atomic E-state index is 9.48. The van der Waals surface area contributed by atoms with E-state index in [0.29, 0.717) is 6.61 Å². The minimum Gasteiger partial charge on any atom is -0.396 e. The second kappa shape index (κ2) is 6.12. The third-order valence-electron chi connectivity index (χ3n) is 3.81. The fraction of sp³-hybridized carbons (Fsp3) is 0.643. The summed E-state index contributed by atoms with van der Waals surface area (Å²) in [5, 5.41) is 13.0. The van der Waals surface area contributed by atoms with E-state index in [4.69, 9.17) is 0 Å². The molecule has 2 rings (SSSR count). The molecular weight excluding hydrogens is 212 g/mol. The number of hydrogen-bond donors (Lipinski definition) is 2. The van der Waals surface area contributed by atoms with Gasteiger partial charge in [0.25, 0.3) is 0 Å². The van der Waals surface area contributed by atoms with E-state index in [1.807, 2.05) is 12.3 Å². The molecule has 1 aromatic rings. The standard InChI is InChI=1S/C14H22N2O/c17-12-14(6-1-2-7-14)11-16-9-5-13-4-3-8-15-10-13/h3-4,8,10,16-17H,1-2,5-7,9,11-12H2. The molecule has 1 aliphatic rings. The molecule has 0 aromatic carbocycles.